The van der Waals surface area contributed by atoms with E-state index in [4.69, 9.17) is 16.4 Å². The van der Waals surface area contributed by atoms with E-state index in [-0.39, 0.29) is 11.2 Å². The molecule has 0 saturated heterocycles. The second-order valence-electron chi connectivity index (χ2n) is 9.95. The van der Waals surface area contributed by atoms with Gasteiger partial charge in [-0.25, -0.2) is 19.3 Å². The summed E-state index contributed by atoms with van der Waals surface area (Å²) in [5.74, 6) is 2.96. The third-order valence-corrected chi connectivity index (χ3v) is 5.57. The molecule has 0 aliphatic carbocycles. The second-order valence-corrected chi connectivity index (χ2v) is 9.95. The number of fused-ring (bicyclic) bond motifs is 1. The van der Waals surface area contributed by atoms with Gasteiger partial charge in [-0.3, -0.25) is 4.40 Å². The third-order valence-electron chi connectivity index (χ3n) is 5.57. The number of aromatic nitrogens is 4. The van der Waals surface area contributed by atoms with Crippen molar-refractivity contribution in [3.8, 4) is 35.0 Å². The van der Waals surface area contributed by atoms with E-state index in [0.29, 0.717) is 12.4 Å². The molecule has 0 aliphatic heterocycles. The van der Waals surface area contributed by atoms with Crippen LogP contribution in [-0.2, 0) is 6.54 Å². The van der Waals surface area contributed by atoms with Gasteiger partial charge in [0.05, 0.1) is 17.1 Å². The lowest BCUT2D eigenvalue weighted by atomic mass is 9.97. The predicted molar refractivity (Wildman–Crippen MR) is 139 cm³/mol. The molecule has 180 valence electrons. The molecule has 0 atom stereocenters. The molecule has 3 aromatic heterocycles. The second kappa shape index (κ2) is 10.2. The molecule has 0 amide bonds. The average molecular weight is 471 g/mol. The number of anilines is 1. The fourth-order valence-corrected chi connectivity index (χ4v) is 3.81. The van der Waals surface area contributed by atoms with Gasteiger partial charge in [0.15, 0.2) is 0 Å². The Balaban J connectivity index is 1.78. The van der Waals surface area contributed by atoms with E-state index in [2.05, 4.69) is 61.1 Å². The van der Waals surface area contributed by atoms with E-state index in [9.17, 15) is 4.39 Å². The van der Waals surface area contributed by atoms with Crippen LogP contribution in [-0.4, -0.2) is 44.4 Å². The van der Waals surface area contributed by atoms with Crippen molar-refractivity contribution in [3.63, 3.8) is 0 Å². The predicted octanol–water partition coefficient (Wildman–Crippen LogP) is 5.51. The zero-order chi connectivity index (χ0) is 25.0. The maximum atomic E-state index is 13.7. The van der Waals surface area contributed by atoms with Crippen molar-refractivity contribution < 1.29 is 4.39 Å². The standard InChI is InChI=1S/C28H31FN6/c1-6-7-15-34(5)18-20-13-16-35-24(17-20)33-25(21-8-10-22(29)11-9-21)26(35)23-12-14-30-27(32-23)31-19-28(2,3)4/h1,8-14,16-17H,7,15,18-19H2,2-5H3,(H,30,31,32). The van der Waals surface area contributed by atoms with Crippen LogP contribution in [0, 0.1) is 23.6 Å². The van der Waals surface area contributed by atoms with Crippen LogP contribution in [0.5, 0.6) is 0 Å². The van der Waals surface area contributed by atoms with Gasteiger partial charge < -0.3 is 10.2 Å². The van der Waals surface area contributed by atoms with E-state index < -0.39 is 0 Å². The van der Waals surface area contributed by atoms with Crippen LogP contribution in [0.2, 0.25) is 0 Å². The Hall–Kier alpha value is -3.76. The molecule has 4 rings (SSSR count). The largest absolute Gasteiger partial charge is 0.354 e. The zero-order valence-electron chi connectivity index (χ0n) is 20.7. The Bertz CT molecular complexity index is 1340. The lowest BCUT2D eigenvalue weighted by Gasteiger charge is -2.18. The number of nitrogens with zero attached hydrogens (tertiary/aromatic N) is 5. The molecule has 7 heteroatoms. The summed E-state index contributed by atoms with van der Waals surface area (Å²) in [7, 11) is 2.05. The number of rotatable bonds is 8. The fourth-order valence-electron chi connectivity index (χ4n) is 3.81. The highest BCUT2D eigenvalue weighted by atomic mass is 19.1. The van der Waals surface area contributed by atoms with Gasteiger partial charge in [-0.15, -0.1) is 12.3 Å². The first kappa shape index (κ1) is 24.4. The maximum Gasteiger partial charge on any atom is 0.223 e. The number of nitrogens with one attached hydrogen (secondary N) is 1. The molecule has 0 spiro atoms. The van der Waals surface area contributed by atoms with Gasteiger partial charge in [0.1, 0.15) is 11.5 Å². The molecule has 0 fully saturated rings. The van der Waals surface area contributed by atoms with Gasteiger partial charge in [0, 0.05) is 44.0 Å². The highest BCUT2D eigenvalue weighted by Gasteiger charge is 2.19. The van der Waals surface area contributed by atoms with E-state index >= 15 is 0 Å². The van der Waals surface area contributed by atoms with Crippen molar-refractivity contribution in [2.45, 2.75) is 33.7 Å². The van der Waals surface area contributed by atoms with Gasteiger partial charge in [0.2, 0.25) is 5.95 Å². The van der Waals surface area contributed by atoms with Crippen LogP contribution in [0.25, 0.3) is 28.3 Å². The summed E-state index contributed by atoms with van der Waals surface area (Å²) in [6.45, 7) is 8.80. The molecular weight excluding hydrogens is 439 g/mol. The van der Waals surface area contributed by atoms with Crippen LogP contribution < -0.4 is 5.32 Å². The molecular formula is C28H31FN6. The SMILES string of the molecule is C#CCCN(C)Cc1ccn2c(-c3ccnc(NCC(C)(C)C)n3)c(-c3ccc(F)cc3)nc2c1. The molecule has 1 aromatic carbocycles. The molecule has 0 unspecified atom stereocenters. The molecule has 3 heterocycles. The normalized spacial score (nSPS) is 11.7. The first-order valence-electron chi connectivity index (χ1n) is 11.7. The number of benzene rings is 1. The topological polar surface area (TPSA) is 58.4 Å². The van der Waals surface area contributed by atoms with E-state index in [0.717, 1.165) is 53.5 Å². The van der Waals surface area contributed by atoms with Gasteiger partial charge in [-0.1, -0.05) is 20.8 Å². The van der Waals surface area contributed by atoms with Crippen molar-refractivity contribution in [2.75, 3.05) is 25.5 Å². The van der Waals surface area contributed by atoms with Crippen molar-refractivity contribution in [3.05, 3.63) is 66.2 Å². The molecule has 0 saturated carbocycles. The van der Waals surface area contributed by atoms with Crippen molar-refractivity contribution in [2.24, 2.45) is 5.41 Å². The third kappa shape index (κ3) is 6.03. The van der Waals surface area contributed by atoms with Crippen LogP contribution >= 0.6 is 0 Å². The summed E-state index contributed by atoms with van der Waals surface area (Å²) in [5.41, 5.74) is 5.15. The lowest BCUT2D eigenvalue weighted by molar-refractivity contribution is 0.335. The Morgan fingerprint density at radius 1 is 1.11 bits per heavy atom. The smallest absolute Gasteiger partial charge is 0.223 e. The number of imidazole rings is 1. The quantitative estimate of drug-likeness (QED) is 0.344. The summed E-state index contributed by atoms with van der Waals surface area (Å²) in [4.78, 5) is 16.3. The molecule has 0 radical (unpaired) electrons. The molecule has 4 aromatic rings. The molecule has 0 bridgehead atoms. The summed E-state index contributed by atoms with van der Waals surface area (Å²) in [6.07, 6.45) is 9.87. The first-order valence-corrected chi connectivity index (χ1v) is 11.7. The summed E-state index contributed by atoms with van der Waals surface area (Å²) >= 11 is 0. The molecule has 0 aliphatic rings. The molecule has 6 nitrogen and oxygen atoms in total. The minimum atomic E-state index is -0.285. The Morgan fingerprint density at radius 3 is 2.60 bits per heavy atom. The van der Waals surface area contributed by atoms with Crippen molar-refractivity contribution in [1.82, 2.24) is 24.3 Å². The highest BCUT2D eigenvalue weighted by Crippen LogP contribution is 2.32. The fraction of sp³-hybridized carbons (Fsp3) is 0.321. The minimum absolute atomic E-state index is 0.0890. The van der Waals surface area contributed by atoms with Crippen LogP contribution in [0.15, 0.2) is 54.9 Å². The molecule has 35 heavy (non-hydrogen) atoms. The van der Waals surface area contributed by atoms with Gasteiger partial charge in [0.25, 0.3) is 0 Å². The number of terminal acetylenes is 1. The van der Waals surface area contributed by atoms with Gasteiger partial charge >= 0.3 is 0 Å². The van der Waals surface area contributed by atoms with Crippen molar-refractivity contribution >= 4 is 11.6 Å². The average Bonchev–Trinajstić information content (AvgIpc) is 3.20. The van der Waals surface area contributed by atoms with Gasteiger partial charge in [-0.2, -0.15) is 0 Å². The van der Waals surface area contributed by atoms with Crippen LogP contribution in [0.1, 0.15) is 32.8 Å². The Kier molecular flexibility index (Phi) is 7.13. The monoisotopic (exact) mass is 470 g/mol. The minimum Gasteiger partial charge on any atom is -0.354 e. The summed E-state index contributed by atoms with van der Waals surface area (Å²) in [6, 6.07) is 12.4. The first-order chi connectivity index (χ1) is 16.7. The maximum absolute atomic E-state index is 13.7. The van der Waals surface area contributed by atoms with E-state index in [1.165, 1.54) is 12.1 Å². The van der Waals surface area contributed by atoms with Crippen LogP contribution in [0.3, 0.4) is 0 Å². The Labute approximate surface area is 206 Å². The summed E-state index contributed by atoms with van der Waals surface area (Å²) < 4.78 is 15.7. The number of hydrogen-bond acceptors (Lipinski definition) is 5. The number of hydrogen-bond donors (Lipinski definition) is 1. The summed E-state index contributed by atoms with van der Waals surface area (Å²) in [5, 5.41) is 3.33. The molecule has 1 N–H and O–H groups in total. The highest BCUT2D eigenvalue weighted by molar-refractivity contribution is 5.80. The lowest BCUT2D eigenvalue weighted by Crippen LogP contribution is -2.20. The number of halogens is 1. The van der Waals surface area contributed by atoms with Crippen molar-refractivity contribution in [1.29, 1.82) is 0 Å². The zero-order valence-corrected chi connectivity index (χ0v) is 20.7. The van der Waals surface area contributed by atoms with Crippen LogP contribution in [0.4, 0.5) is 10.3 Å². The Morgan fingerprint density at radius 2 is 1.89 bits per heavy atom. The van der Waals surface area contributed by atoms with E-state index in [1.54, 1.807) is 18.3 Å². The number of pyridine rings is 1. The van der Waals surface area contributed by atoms with E-state index in [1.807, 2.05) is 16.7 Å². The van der Waals surface area contributed by atoms with Gasteiger partial charge in [-0.05, 0) is 60.5 Å².